The van der Waals surface area contributed by atoms with Gasteiger partial charge in [-0.05, 0) is 37.1 Å². The number of para-hydroxylation sites is 4. The van der Waals surface area contributed by atoms with Gasteiger partial charge in [0.2, 0.25) is 5.91 Å². The summed E-state index contributed by atoms with van der Waals surface area (Å²) in [6.45, 7) is 7.66. The summed E-state index contributed by atoms with van der Waals surface area (Å²) in [7, 11) is 0. The molecule has 2 unspecified atom stereocenters. The molecule has 0 fully saturated rings. The average Bonchev–Trinajstić information content (AvgIpc) is 2.85. The van der Waals surface area contributed by atoms with E-state index in [1.165, 1.54) is 23.6 Å². The molecule has 1 aliphatic heterocycles. The second kappa shape index (κ2) is 13.3. The molecule has 3 amide bonds. The van der Waals surface area contributed by atoms with E-state index in [1.54, 1.807) is 48.5 Å². The van der Waals surface area contributed by atoms with E-state index in [-0.39, 0.29) is 5.91 Å². The molecule has 0 saturated heterocycles. The number of ether oxygens (including phenoxy) is 1. The van der Waals surface area contributed by atoms with Crippen LogP contribution in [0.15, 0.2) is 48.5 Å². The van der Waals surface area contributed by atoms with Crippen LogP contribution in [-0.4, -0.2) is 53.6 Å². The lowest BCUT2D eigenvalue weighted by molar-refractivity contribution is -0.141. The van der Waals surface area contributed by atoms with Crippen molar-refractivity contribution in [1.82, 2.24) is 5.32 Å². The smallest absolute Gasteiger partial charge is 0.419 e. The Kier molecular flexibility index (Phi) is 10.5. The molecule has 1 heterocycles. The van der Waals surface area contributed by atoms with Crippen molar-refractivity contribution in [3.63, 3.8) is 0 Å². The van der Waals surface area contributed by atoms with Gasteiger partial charge in [0, 0.05) is 6.92 Å². The number of amides is 3. The number of carboxylic acids is 1. The Balaban J connectivity index is 0.00000118. The van der Waals surface area contributed by atoms with Crippen LogP contribution in [0, 0.1) is 5.92 Å². The zero-order valence-electron chi connectivity index (χ0n) is 21.9. The molecule has 0 saturated carbocycles. The molecule has 0 aromatic heterocycles. The van der Waals surface area contributed by atoms with Gasteiger partial charge >= 0.3 is 12.1 Å². The van der Waals surface area contributed by atoms with Crippen molar-refractivity contribution in [2.24, 2.45) is 5.92 Å². The third-order valence-corrected chi connectivity index (χ3v) is 5.09. The van der Waals surface area contributed by atoms with Gasteiger partial charge in [-0.2, -0.15) is 0 Å². The quantitative estimate of drug-likeness (QED) is 0.539. The largest absolute Gasteiger partial charge is 0.481 e. The number of anilines is 4. The number of carboxylic acid groups (broad SMARTS) is 1. The van der Waals surface area contributed by atoms with Crippen LogP contribution in [0.4, 0.5) is 31.9 Å². The lowest BCUT2D eigenvalue weighted by Crippen LogP contribution is -2.48. The summed E-state index contributed by atoms with van der Waals surface area (Å²) in [6.07, 6.45) is -3.21. The van der Waals surface area contributed by atoms with Gasteiger partial charge in [-0.25, -0.2) is 14.1 Å². The highest BCUT2D eigenvalue weighted by atomic mass is 19.1. The van der Waals surface area contributed by atoms with Crippen molar-refractivity contribution in [3.05, 3.63) is 48.5 Å². The van der Waals surface area contributed by atoms with Crippen LogP contribution in [0.2, 0.25) is 0 Å². The van der Waals surface area contributed by atoms with Crippen LogP contribution in [-0.2, 0) is 23.9 Å². The molecular formula is C27H32FN3O7. The third kappa shape index (κ3) is 7.37. The van der Waals surface area contributed by atoms with E-state index in [4.69, 9.17) is 9.84 Å². The minimum absolute atomic E-state index is 0.275. The summed E-state index contributed by atoms with van der Waals surface area (Å²) in [6, 6.07) is 11.7. The number of nitrogens with one attached hydrogen (secondary N) is 1. The standard InChI is InChI=1S/C23H22FN3O7.C4H10/c1-13(22(32)25-15(11-21(30)31)20(29)12-24)34-23(33)27-18-9-5-3-7-16(18)26(14(2)28)17-8-4-6-10-19(17)27;1-4(2)3/h3-10,13,15H,11-12H2,1-2H3,(H,25,32)(H,30,31);4H,1-3H3. The Morgan fingerprint density at radius 2 is 1.29 bits per heavy atom. The SMILES string of the molecule is CC(=O)N1c2ccccc2N(C(=O)OC(C)C(=O)NC(CC(=O)O)C(=O)CF)c2ccccc21.CC(C)C. The van der Waals surface area contributed by atoms with Gasteiger partial charge in [-0.3, -0.25) is 24.1 Å². The number of alkyl halides is 1. The molecule has 1 aliphatic rings. The van der Waals surface area contributed by atoms with Crippen molar-refractivity contribution in [2.45, 2.75) is 53.2 Å². The highest BCUT2D eigenvalue weighted by Gasteiger charge is 2.36. The lowest BCUT2D eigenvalue weighted by Gasteiger charge is -2.37. The maximum atomic E-state index is 13.2. The molecule has 2 aromatic carbocycles. The van der Waals surface area contributed by atoms with Gasteiger partial charge in [0.15, 0.2) is 11.9 Å². The van der Waals surface area contributed by atoms with Crippen LogP contribution < -0.4 is 15.1 Å². The molecule has 204 valence electrons. The van der Waals surface area contributed by atoms with E-state index in [1.807, 2.05) is 0 Å². The van der Waals surface area contributed by atoms with Gasteiger partial charge in [0.05, 0.1) is 29.2 Å². The Morgan fingerprint density at radius 3 is 1.66 bits per heavy atom. The summed E-state index contributed by atoms with van der Waals surface area (Å²) in [4.78, 5) is 63.2. The van der Waals surface area contributed by atoms with Crippen LogP contribution in [0.3, 0.4) is 0 Å². The molecule has 0 bridgehead atoms. The van der Waals surface area contributed by atoms with E-state index in [2.05, 4.69) is 26.1 Å². The zero-order chi connectivity index (χ0) is 28.6. The number of ketones is 1. The first-order chi connectivity index (χ1) is 17.9. The number of Topliss-reactive ketones (excluding diaryl/α,β-unsaturated/α-hetero) is 1. The van der Waals surface area contributed by atoms with Gasteiger partial charge in [-0.1, -0.05) is 45.0 Å². The molecule has 3 rings (SSSR count). The highest BCUT2D eigenvalue weighted by molar-refractivity contribution is 6.14. The Hall–Kier alpha value is -4.28. The minimum atomic E-state index is -1.60. The highest BCUT2D eigenvalue weighted by Crippen LogP contribution is 2.48. The Morgan fingerprint density at radius 1 is 0.868 bits per heavy atom. The van der Waals surface area contributed by atoms with Crippen LogP contribution in [0.5, 0.6) is 0 Å². The third-order valence-electron chi connectivity index (χ3n) is 5.09. The van der Waals surface area contributed by atoms with Crippen molar-refractivity contribution >= 4 is 52.4 Å². The molecule has 0 radical (unpaired) electrons. The number of hydrogen-bond donors (Lipinski definition) is 2. The molecule has 2 atom stereocenters. The molecule has 2 N–H and O–H groups in total. The van der Waals surface area contributed by atoms with Crippen LogP contribution >= 0.6 is 0 Å². The van der Waals surface area contributed by atoms with Gasteiger partial charge in [-0.15, -0.1) is 0 Å². The second-order valence-corrected chi connectivity index (χ2v) is 9.18. The first-order valence-corrected chi connectivity index (χ1v) is 12.0. The van der Waals surface area contributed by atoms with Gasteiger partial charge < -0.3 is 15.2 Å². The number of aliphatic carboxylic acids is 1. The number of hydrogen-bond acceptors (Lipinski definition) is 6. The van der Waals surface area contributed by atoms with Gasteiger partial charge in [0.25, 0.3) is 5.91 Å². The Labute approximate surface area is 220 Å². The molecular weight excluding hydrogens is 497 g/mol. The lowest BCUT2D eigenvalue weighted by atomic mass is 10.1. The predicted octanol–water partition coefficient (Wildman–Crippen LogP) is 4.51. The maximum Gasteiger partial charge on any atom is 0.419 e. The monoisotopic (exact) mass is 529 g/mol. The molecule has 11 heteroatoms. The van der Waals surface area contributed by atoms with E-state index in [9.17, 15) is 28.4 Å². The van der Waals surface area contributed by atoms with Crippen molar-refractivity contribution in [3.8, 4) is 0 Å². The fourth-order valence-corrected chi connectivity index (χ4v) is 3.54. The fourth-order valence-electron chi connectivity index (χ4n) is 3.54. The number of halogens is 1. The molecule has 2 aromatic rings. The number of carbonyl (C=O) groups excluding carboxylic acids is 4. The molecule has 10 nitrogen and oxygen atoms in total. The summed E-state index contributed by atoms with van der Waals surface area (Å²) in [5, 5.41) is 11.0. The van der Waals surface area contributed by atoms with Gasteiger partial charge in [0.1, 0.15) is 12.7 Å². The van der Waals surface area contributed by atoms with Crippen molar-refractivity contribution < 1.29 is 38.2 Å². The first-order valence-electron chi connectivity index (χ1n) is 12.0. The van der Waals surface area contributed by atoms with E-state index < -0.39 is 49.0 Å². The van der Waals surface area contributed by atoms with Crippen molar-refractivity contribution in [1.29, 1.82) is 0 Å². The molecule has 38 heavy (non-hydrogen) atoms. The first kappa shape index (κ1) is 29.9. The number of rotatable bonds is 7. The van der Waals surface area contributed by atoms with Crippen LogP contribution in [0.1, 0.15) is 41.0 Å². The van der Waals surface area contributed by atoms with E-state index in [0.717, 1.165) is 5.92 Å². The summed E-state index contributed by atoms with van der Waals surface area (Å²) in [5.74, 6) is -2.93. The second-order valence-electron chi connectivity index (χ2n) is 9.18. The van der Waals surface area contributed by atoms with E-state index >= 15 is 0 Å². The number of benzene rings is 2. The molecule has 0 spiro atoms. The Bertz CT molecular complexity index is 1150. The summed E-state index contributed by atoms with van der Waals surface area (Å²) in [5.41, 5.74) is 1.53. The van der Waals surface area contributed by atoms with Crippen LogP contribution in [0.25, 0.3) is 0 Å². The van der Waals surface area contributed by atoms with Crippen molar-refractivity contribution in [2.75, 3.05) is 16.5 Å². The number of carbonyl (C=O) groups is 5. The topological polar surface area (TPSA) is 133 Å². The average molecular weight is 530 g/mol. The number of nitrogens with zero attached hydrogens (tertiary/aromatic N) is 2. The van der Waals surface area contributed by atoms with E-state index in [0.29, 0.717) is 22.7 Å². The number of fused-ring (bicyclic) bond motifs is 2. The zero-order valence-corrected chi connectivity index (χ0v) is 21.9. The fraction of sp³-hybridized carbons (Fsp3) is 0.370. The normalized spacial score (nSPS) is 13.2. The predicted molar refractivity (Wildman–Crippen MR) is 139 cm³/mol. The maximum absolute atomic E-state index is 13.2. The molecule has 0 aliphatic carbocycles. The summed E-state index contributed by atoms with van der Waals surface area (Å²) < 4.78 is 18.0. The summed E-state index contributed by atoms with van der Waals surface area (Å²) >= 11 is 0. The minimum Gasteiger partial charge on any atom is -0.481 e.